The van der Waals surface area contributed by atoms with E-state index in [1.54, 1.807) is 30.3 Å². The summed E-state index contributed by atoms with van der Waals surface area (Å²) in [5.74, 6) is -0.221. The quantitative estimate of drug-likeness (QED) is 0.582. The molecule has 0 aliphatic carbocycles. The first-order valence-corrected chi connectivity index (χ1v) is 11.4. The number of nitrogens with zero attached hydrogens (tertiary/aromatic N) is 1. The van der Waals surface area contributed by atoms with E-state index in [0.29, 0.717) is 0 Å². The fourth-order valence-electron chi connectivity index (χ4n) is 3.73. The van der Waals surface area contributed by atoms with Crippen molar-refractivity contribution in [3.8, 4) is 0 Å². The highest BCUT2D eigenvalue weighted by Crippen LogP contribution is 2.32. The van der Waals surface area contributed by atoms with E-state index in [9.17, 15) is 13.2 Å². The summed E-state index contributed by atoms with van der Waals surface area (Å²) in [4.78, 5) is 14.5. The number of rotatable bonds is 7. The highest BCUT2D eigenvalue weighted by molar-refractivity contribution is 7.92. The molecule has 1 heterocycles. The van der Waals surface area contributed by atoms with Crippen LogP contribution in [0, 0.1) is 0 Å². The minimum atomic E-state index is -3.81. The molecule has 0 bridgehead atoms. The Balaban J connectivity index is 1.66. The molecule has 1 saturated heterocycles. The van der Waals surface area contributed by atoms with E-state index in [2.05, 4.69) is 0 Å². The van der Waals surface area contributed by atoms with Gasteiger partial charge in [-0.3, -0.25) is 4.79 Å². The number of hydrogen-bond donors (Lipinski definition) is 0. The first-order valence-electron chi connectivity index (χ1n) is 9.83. The first kappa shape index (κ1) is 20.3. The number of carbonyl (C=O) groups excluding carboxylic acids is 1. The maximum absolute atomic E-state index is 13.5. The lowest BCUT2D eigenvalue weighted by Crippen LogP contribution is -2.43. The molecule has 3 aromatic carbocycles. The van der Waals surface area contributed by atoms with E-state index < -0.39 is 21.3 Å². The zero-order valence-corrected chi connectivity index (χ0v) is 17.2. The van der Waals surface area contributed by atoms with Crippen LogP contribution in [0.2, 0.25) is 0 Å². The Kier molecular flexibility index (Phi) is 5.97. The normalized spacial score (nSPS) is 19.2. The molecule has 4 rings (SSSR count). The Morgan fingerprint density at radius 3 is 1.93 bits per heavy atom. The molecular weight excluding hydrogens is 398 g/mol. The lowest BCUT2D eigenvalue weighted by Gasteiger charge is -2.28. The number of sulfone groups is 1. The van der Waals surface area contributed by atoms with Crippen molar-refractivity contribution in [2.24, 2.45) is 0 Å². The van der Waals surface area contributed by atoms with Gasteiger partial charge in [0.25, 0.3) is 0 Å². The van der Waals surface area contributed by atoms with Gasteiger partial charge in [-0.25, -0.2) is 8.42 Å². The minimum Gasteiger partial charge on any atom is -0.370 e. The lowest BCUT2D eigenvalue weighted by molar-refractivity contribution is -0.128. The fourth-order valence-corrected chi connectivity index (χ4v) is 5.64. The van der Waals surface area contributed by atoms with Crippen LogP contribution in [0.4, 0.5) is 0 Å². The molecule has 0 unspecified atom stereocenters. The molecule has 0 N–H and O–H groups in total. The van der Waals surface area contributed by atoms with Crippen molar-refractivity contribution in [3.05, 3.63) is 102 Å². The van der Waals surface area contributed by atoms with Gasteiger partial charge in [-0.1, -0.05) is 78.9 Å². The first-order chi connectivity index (χ1) is 14.6. The van der Waals surface area contributed by atoms with Crippen molar-refractivity contribution in [2.45, 2.75) is 35.9 Å². The van der Waals surface area contributed by atoms with Crippen LogP contribution >= 0.6 is 0 Å². The van der Waals surface area contributed by atoms with Gasteiger partial charge in [0.05, 0.1) is 17.9 Å². The van der Waals surface area contributed by atoms with Crippen molar-refractivity contribution >= 4 is 15.7 Å². The molecule has 2 atom stereocenters. The van der Waals surface area contributed by atoms with Crippen LogP contribution in [-0.2, 0) is 32.5 Å². The Bertz CT molecular complexity index is 1090. The summed E-state index contributed by atoms with van der Waals surface area (Å²) < 4.78 is 33.1. The average molecular weight is 422 g/mol. The summed E-state index contributed by atoms with van der Waals surface area (Å²) in [6.45, 7) is 0.473. The van der Waals surface area contributed by atoms with Gasteiger partial charge in [-0.05, 0) is 23.3 Å². The van der Waals surface area contributed by atoms with Gasteiger partial charge in [0, 0.05) is 6.54 Å². The predicted octanol–water partition coefficient (Wildman–Crippen LogP) is 3.80. The third kappa shape index (κ3) is 4.30. The molecule has 5 nitrogen and oxygen atoms in total. The third-order valence-electron chi connectivity index (χ3n) is 5.21. The Morgan fingerprint density at radius 1 is 0.800 bits per heavy atom. The zero-order valence-electron chi connectivity index (χ0n) is 16.4. The van der Waals surface area contributed by atoms with Gasteiger partial charge >= 0.3 is 0 Å². The molecular formula is C24H23NO4S. The largest absolute Gasteiger partial charge is 0.370 e. The van der Waals surface area contributed by atoms with Gasteiger partial charge in [0.1, 0.15) is 6.10 Å². The number of carbonyl (C=O) groups is 1. The molecule has 6 heteroatoms. The highest BCUT2D eigenvalue weighted by atomic mass is 32.2. The summed E-state index contributed by atoms with van der Waals surface area (Å²) in [6, 6.07) is 27.2. The summed E-state index contributed by atoms with van der Waals surface area (Å²) in [5, 5.41) is -1.07. The number of benzene rings is 3. The van der Waals surface area contributed by atoms with E-state index in [1.807, 2.05) is 60.7 Å². The topological polar surface area (TPSA) is 63.7 Å². The van der Waals surface area contributed by atoms with E-state index in [-0.39, 0.29) is 30.4 Å². The Labute approximate surface area is 176 Å². The van der Waals surface area contributed by atoms with E-state index in [0.717, 1.165) is 11.1 Å². The molecule has 1 aliphatic rings. The minimum absolute atomic E-state index is 0.0381. The van der Waals surface area contributed by atoms with Crippen LogP contribution in [0.25, 0.3) is 0 Å². The van der Waals surface area contributed by atoms with Gasteiger partial charge in [0.2, 0.25) is 15.7 Å². The van der Waals surface area contributed by atoms with E-state index in [4.69, 9.17) is 4.74 Å². The molecule has 3 aromatic rings. The molecule has 1 fully saturated rings. The molecule has 154 valence electrons. The Morgan fingerprint density at radius 2 is 1.33 bits per heavy atom. The van der Waals surface area contributed by atoms with Crippen LogP contribution in [0.15, 0.2) is 95.9 Å². The van der Waals surface area contributed by atoms with Crippen LogP contribution in [0.5, 0.6) is 0 Å². The number of amides is 1. The Hall–Kier alpha value is -2.96. The SMILES string of the molecule is O=C1C[C@H](OCc2ccccc2)[C@@H](S(=O)(=O)c2ccccc2)N1Cc1ccccc1. The molecule has 0 spiro atoms. The standard InChI is InChI=1S/C24H23NO4S/c26-23-16-22(29-18-20-12-6-2-7-13-20)24(25(23)17-19-10-4-1-5-11-19)30(27,28)21-14-8-3-9-15-21/h1-15,22,24H,16-18H2/t22-,24+/m0/s1. The maximum atomic E-state index is 13.5. The number of hydrogen-bond acceptors (Lipinski definition) is 4. The summed E-state index contributed by atoms with van der Waals surface area (Å²) in [7, 11) is -3.81. The monoisotopic (exact) mass is 421 g/mol. The second-order valence-corrected chi connectivity index (χ2v) is 9.34. The summed E-state index contributed by atoms with van der Waals surface area (Å²) >= 11 is 0. The van der Waals surface area contributed by atoms with Crippen molar-refractivity contribution in [1.29, 1.82) is 0 Å². The number of ether oxygens (including phenoxy) is 1. The number of likely N-dealkylation sites (tertiary alicyclic amines) is 1. The van der Waals surface area contributed by atoms with Gasteiger partial charge in [0.15, 0.2) is 5.37 Å². The second-order valence-electron chi connectivity index (χ2n) is 7.30. The second kappa shape index (κ2) is 8.81. The van der Waals surface area contributed by atoms with Crippen LogP contribution in [-0.4, -0.2) is 30.7 Å². The van der Waals surface area contributed by atoms with Crippen molar-refractivity contribution in [2.75, 3.05) is 0 Å². The van der Waals surface area contributed by atoms with Gasteiger partial charge < -0.3 is 9.64 Å². The zero-order chi connectivity index (χ0) is 21.0. The maximum Gasteiger partial charge on any atom is 0.226 e. The molecule has 0 saturated carbocycles. The molecule has 0 aromatic heterocycles. The lowest BCUT2D eigenvalue weighted by atomic mass is 10.2. The highest BCUT2D eigenvalue weighted by Gasteiger charge is 2.48. The van der Waals surface area contributed by atoms with Crippen LogP contribution in [0.3, 0.4) is 0 Å². The fraction of sp³-hybridized carbons (Fsp3) is 0.208. The molecule has 1 aliphatic heterocycles. The van der Waals surface area contributed by atoms with Gasteiger partial charge in [-0.15, -0.1) is 0 Å². The van der Waals surface area contributed by atoms with Crippen molar-refractivity contribution < 1.29 is 17.9 Å². The van der Waals surface area contributed by atoms with E-state index >= 15 is 0 Å². The summed E-state index contributed by atoms with van der Waals surface area (Å²) in [5.41, 5.74) is 1.81. The molecule has 30 heavy (non-hydrogen) atoms. The van der Waals surface area contributed by atoms with Gasteiger partial charge in [-0.2, -0.15) is 0 Å². The van der Waals surface area contributed by atoms with E-state index in [1.165, 1.54) is 4.90 Å². The van der Waals surface area contributed by atoms with Crippen molar-refractivity contribution in [1.82, 2.24) is 4.90 Å². The molecule has 1 amide bonds. The van der Waals surface area contributed by atoms with Crippen LogP contribution in [0.1, 0.15) is 17.5 Å². The summed E-state index contributed by atoms with van der Waals surface area (Å²) in [6.07, 6.45) is -0.706. The molecule has 0 radical (unpaired) electrons. The van der Waals surface area contributed by atoms with Crippen molar-refractivity contribution in [3.63, 3.8) is 0 Å². The smallest absolute Gasteiger partial charge is 0.226 e. The predicted molar refractivity (Wildman–Crippen MR) is 114 cm³/mol. The third-order valence-corrected chi connectivity index (χ3v) is 7.34. The van der Waals surface area contributed by atoms with Crippen LogP contribution < -0.4 is 0 Å². The average Bonchev–Trinajstić information content (AvgIpc) is 3.10.